The van der Waals surface area contributed by atoms with Gasteiger partial charge in [0.15, 0.2) is 0 Å². The molecule has 1 unspecified atom stereocenters. The molecular weight excluding hydrogens is 272 g/mol. The second-order valence-electron chi connectivity index (χ2n) is 4.98. The van der Waals surface area contributed by atoms with Crippen molar-refractivity contribution in [2.75, 3.05) is 13.1 Å². The van der Waals surface area contributed by atoms with Crippen LogP contribution in [0.25, 0.3) is 0 Å². The molecule has 0 aromatic carbocycles. The van der Waals surface area contributed by atoms with Crippen LogP contribution in [0.3, 0.4) is 0 Å². The number of aryl methyl sites for hydroxylation is 1. The topological polar surface area (TPSA) is 59.0 Å². The minimum Gasteiger partial charge on any atom is -0.338 e. The normalized spacial score (nSPS) is 19.1. The Balaban J connectivity index is 1.77. The highest BCUT2D eigenvalue weighted by Crippen LogP contribution is 2.28. The quantitative estimate of drug-likeness (QED) is 0.850. The zero-order chi connectivity index (χ0) is 13.9. The Morgan fingerprint density at radius 1 is 1.45 bits per heavy atom. The number of carbonyl (C=O) groups is 1. The predicted molar refractivity (Wildman–Crippen MR) is 76.8 cm³/mol. The third kappa shape index (κ3) is 2.56. The predicted octanol–water partition coefficient (Wildman–Crippen LogP) is 2.26. The van der Waals surface area contributed by atoms with E-state index in [-0.39, 0.29) is 5.91 Å². The molecule has 104 valence electrons. The number of thiazole rings is 1. The summed E-state index contributed by atoms with van der Waals surface area (Å²) in [5.74, 6) is 0.391. The highest BCUT2D eigenvalue weighted by molar-refractivity contribution is 7.09. The van der Waals surface area contributed by atoms with Gasteiger partial charge in [-0.3, -0.25) is 4.79 Å². The maximum Gasteiger partial charge on any atom is 0.257 e. The van der Waals surface area contributed by atoms with Gasteiger partial charge >= 0.3 is 0 Å². The van der Waals surface area contributed by atoms with E-state index in [0.29, 0.717) is 11.5 Å². The van der Waals surface area contributed by atoms with E-state index in [1.54, 1.807) is 17.5 Å². The first-order valence-corrected chi connectivity index (χ1v) is 7.59. The summed E-state index contributed by atoms with van der Waals surface area (Å²) in [7, 11) is 0. The zero-order valence-electron chi connectivity index (χ0n) is 11.3. The first-order chi connectivity index (χ1) is 9.75. The van der Waals surface area contributed by atoms with Crippen molar-refractivity contribution in [2.24, 2.45) is 0 Å². The van der Waals surface area contributed by atoms with Gasteiger partial charge < -0.3 is 4.90 Å². The fourth-order valence-corrected chi connectivity index (χ4v) is 3.34. The number of likely N-dealkylation sites (tertiary alicyclic amines) is 1. The molecule has 1 saturated heterocycles. The molecule has 1 fully saturated rings. The average molecular weight is 288 g/mol. The lowest BCUT2D eigenvalue weighted by Crippen LogP contribution is -2.39. The zero-order valence-corrected chi connectivity index (χ0v) is 12.1. The van der Waals surface area contributed by atoms with Crippen LogP contribution in [0.2, 0.25) is 0 Å². The van der Waals surface area contributed by atoms with Gasteiger partial charge in [0.1, 0.15) is 6.33 Å². The number of nitrogens with zero attached hydrogens (tertiary/aromatic N) is 4. The van der Waals surface area contributed by atoms with Gasteiger partial charge in [-0.15, -0.1) is 11.3 Å². The minimum absolute atomic E-state index is 0.0318. The Bertz CT molecular complexity index is 599. The Labute approximate surface area is 121 Å². The summed E-state index contributed by atoms with van der Waals surface area (Å²) in [6.07, 6.45) is 7.03. The van der Waals surface area contributed by atoms with Crippen LogP contribution >= 0.6 is 11.3 Å². The molecule has 3 heterocycles. The second kappa shape index (κ2) is 5.66. The molecule has 0 radical (unpaired) electrons. The van der Waals surface area contributed by atoms with Gasteiger partial charge in [-0.25, -0.2) is 15.0 Å². The summed E-state index contributed by atoms with van der Waals surface area (Å²) in [5, 5.41) is 3.12. The number of carbonyl (C=O) groups excluding carboxylic acids is 1. The first-order valence-electron chi connectivity index (χ1n) is 6.71. The smallest absolute Gasteiger partial charge is 0.257 e. The summed E-state index contributed by atoms with van der Waals surface area (Å²) >= 11 is 1.67. The maximum absolute atomic E-state index is 12.6. The standard InChI is InChI=1S/C14H16N4OS/c1-10-12(7-15-9-17-10)14(19)18-5-2-3-11(8-18)13-16-4-6-20-13/h4,6-7,9,11H,2-3,5,8H2,1H3. The number of amides is 1. The third-order valence-corrected chi connectivity index (χ3v) is 4.59. The molecule has 1 atom stereocenters. The molecule has 1 aliphatic heterocycles. The van der Waals surface area contributed by atoms with E-state index >= 15 is 0 Å². The van der Waals surface area contributed by atoms with Gasteiger partial charge in [0, 0.05) is 36.8 Å². The largest absolute Gasteiger partial charge is 0.338 e. The van der Waals surface area contributed by atoms with E-state index < -0.39 is 0 Å². The van der Waals surface area contributed by atoms with Crippen molar-refractivity contribution in [3.63, 3.8) is 0 Å². The fraction of sp³-hybridized carbons (Fsp3) is 0.429. The Morgan fingerprint density at radius 2 is 2.35 bits per heavy atom. The average Bonchev–Trinajstić information content (AvgIpc) is 3.01. The molecule has 2 aromatic rings. The molecule has 0 bridgehead atoms. The molecule has 0 aliphatic carbocycles. The van der Waals surface area contributed by atoms with Crippen LogP contribution in [-0.4, -0.2) is 38.8 Å². The summed E-state index contributed by atoms with van der Waals surface area (Å²) in [4.78, 5) is 26.9. The van der Waals surface area contributed by atoms with Gasteiger partial charge in [-0.2, -0.15) is 0 Å². The Kier molecular flexibility index (Phi) is 3.73. The molecule has 20 heavy (non-hydrogen) atoms. The van der Waals surface area contributed by atoms with Crippen LogP contribution in [0.4, 0.5) is 0 Å². The van der Waals surface area contributed by atoms with E-state index in [2.05, 4.69) is 15.0 Å². The van der Waals surface area contributed by atoms with Crippen molar-refractivity contribution in [2.45, 2.75) is 25.7 Å². The number of aromatic nitrogens is 3. The molecule has 0 saturated carbocycles. The molecule has 6 heteroatoms. The lowest BCUT2D eigenvalue weighted by atomic mass is 9.98. The van der Waals surface area contributed by atoms with E-state index in [1.165, 1.54) is 6.33 Å². The van der Waals surface area contributed by atoms with E-state index in [0.717, 1.165) is 36.6 Å². The van der Waals surface area contributed by atoms with Crippen LogP contribution in [0.5, 0.6) is 0 Å². The third-order valence-electron chi connectivity index (χ3n) is 3.65. The van der Waals surface area contributed by atoms with Crippen LogP contribution < -0.4 is 0 Å². The summed E-state index contributed by atoms with van der Waals surface area (Å²) in [6.45, 7) is 3.38. The van der Waals surface area contributed by atoms with Crippen molar-refractivity contribution < 1.29 is 4.79 Å². The molecule has 3 rings (SSSR count). The second-order valence-corrected chi connectivity index (χ2v) is 5.91. The van der Waals surface area contributed by atoms with Crippen LogP contribution in [-0.2, 0) is 0 Å². The minimum atomic E-state index is 0.0318. The van der Waals surface area contributed by atoms with Gasteiger partial charge in [0.05, 0.1) is 16.3 Å². The lowest BCUT2D eigenvalue weighted by Gasteiger charge is -2.32. The van der Waals surface area contributed by atoms with Crippen LogP contribution in [0.1, 0.15) is 39.8 Å². The molecule has 0 N–H and O–H groups in total. The van der Waals surface area contributed by atoms with Crippen molar-refractivity contribution >= 4 is 17.2 Å². The number of rotatable bonds is 2. The van der Waals surface area contributed by atoms with Gasteiger partial charge in [0.2, 0.25) is 0 Å². The SMILES string of the molecule is Cc1ncncc1C(=O)N1CCCC(c2nccs2)C1. The molecule has 0 spiro atoms. The van der Waals surface area contributed by atoms with Crippen molar-refractivity contribution in [3.8, 4) is 0 Å². The molecule has 5 nitrogen and oxygen atoms in total. The van der Waals surface area contributed by atoms with E-state index in [9.17, 15) is 4.79 Å². The van der Waals surface area contributed by atoms with Crippen LogP contribution in [0.15, 0.2) is 24.1 Å². The van der Waals surface area contributed by atoms with E-state index in [1.807, 2.05) is 23.4 Å². The van der Waals surface area contributed by atoms with E-state index in [4.69, 9.17) is 0 Å². The fourth-order valence-electron chi connectivity index (χ4n) is 2.57. The first kappa shape index (κ1) is 13.2. The van der Waals surface area contributed by atoms with Crippen molar-refractivity contribution in [1.29, 1.82) is 0 Å². The summed E-state index contributed by atoms with van der Waals surface area (Å²) in [6, 6.07) is 0. The summed E-state index contributed by atoms with van der Waals surface area (Å²) < 4.78 is 0. The number of piperidine rings is 1. The van der Waals surface area contributed by atoms with Crippen molar-refractivity contribution in [1.82, 2.24) is 19.9 Å². The van der Waals surface area contributed by atoms with Gasteiger partial charge in [-0.1, -0.05) is 0 Å². The molecule has 2 aromatic heterocycles. The summed E-state index contributed by atoms with van der Waals surface area (Å²) in [5.41, 5.74) is 1.34. The number of hydrogen-bond donors (Lipinski definition) is 0. The maximum atomic E-state index is 12.6. The monoisotopic (exact) mass is 288 g/mol. The van der Waals surface area contributed by atoms with Gasteiger partial charge in [0.25, 0.3) is 5.91 Å². The van der Waals surface area contributed by atoms with Gasteiger partial charge in [-0.05, 0) is 19.8 Å². The Hall–Kier alpha value is -1.82. The highest BCUT2D eigenvalue weighted by atomic mass is 32.1. The molecular formula is C14H16N4OS. The highest BCUT2D eigenvalue weighted by Gasteiger charge is 2.27. The lowest BCUT2D eigenvalue weighted by molar-refractivity contribution is 0.0705. The number of hydrogen-bond acceptors (Lipinski definition) is 5. The molecule has 1 aliphatic rings. The molecule has 1 amide bonds. The van der Waals surface area contributed by atoms with Crippen molar-refractivity contribution in [3.05, 3.63) is 40.4 Å². The van der Waals surface area contributed by atoms with Crippen LogP contribution in [0, 0.1) is 6.92 Å². The Morgan fingerprint density at radius 3 is 3.10 bits per heavy atom.